The number of aromatic nitrogens is 2. The molecule has 2 heterocycles. The first-order chi connectivity index (χ1) is 11.6. The molecule has 1 amide bonds. The van der Waals surface area contributed by atoms with Gasteiger partial charge >= 0.3 is 0 Å². The van der Waals surface area contributed by atoms with E-state index < -0.39 is 0 Å². The van der Waals surface area contributed by atoms with E-state index in [1.807, 2.05) is 24.3 Å². The van der Waals surface area contributed by atoms with E-state index in [9.17, 15) is 4.79 Å². The highest BCUT2D eigenvalue weighted by atomic mass is 35.5. The van der Waals surface area contributed by atoms with Crippen molar-refractivity contribution in [1.29, 1.82) is 0 Å². The second-order valence-corrected chi connectivity index (χ2v) is 6.31. The number of halogens is 1. The third-order valence-corrected chi connectivity index (χ3v) is 4.69. The van der Waals surface area contributed by atoms with Crippen LogP contribution in [0.2, 0.25) is 5.02 Å². The number of carbonyl (C=O) groups excluding carboxylic acids is 1. The van der Waals surface area contributed by atoms with Crippen molar-refractivity contribution in [3.63, 3.8) is 0 Å². The number of hydrogen-bond donors (Lipinski definition) is 2. The van der Waals surface area contributed by atoms with Crippen LogP contribution in [0.25, 0.3) is 0 Å². The van der Waals surface area contributed by atoms with E-state index in [1.165, 1.54) is 12.4 Å². The Bertz CT molecular complexity index is 715. The Labute approximate surface area is 145 Å². The average molecular weight is 347 g/mol. The van der Waals surface area contributed by atoms with Crippen molar-refractivity contribution in [2.45, 2.75) is 18.3 Å². The van der Waals surface area contributed by atoms with E-state index in [1.54, 1.807) is 0 Å². The molecule has 0 atom stereocenters. The molecule has 0 saturated carbocycles. The normalized spacial score (nSPS) is 16.5. The number of nitrogens with one attached hydrogen (secondary N) is 1. The maximum atomic E-state index is 12.4. The van der Waals surface area contributed by atoms with Crippen LogP contribution in [0.3, 0.4) is 0 Å². The summed E-state index contributed by atoms with van der Waals surface area (Å²) in [7, 11) is 0. The van der Waals surface area contributed by atoms with Gasteiger partial charge in [0.05, 0.1) is 0 Å². The fraction of sp³-hybridized carbons (Fsp3) is 0.353. The summed E-state index contributed by atoms with van der Waals surface area (Å²) in [6, 6.07) is 7.76. The van der Waals surface area contributed by atoms with Gasteiger partial charge in [-0.25, -0.2) is 9.97 Å². The number of nitrogens with two attached hydrogens (primary N) is 1. The molecule has 1 fully saturated rings. The number of benzene rings is 1. The SMILES string of the molecule is Nc1nccnc1C(=O)NCC1(c2ccc(Cl)cc2)CCOCC1. The number of rotatable bonds is 4. The Balaban J connectivity index is 1.79. The smallest absolute Gasteiger partial charge is 0.273 e. The van der Waals surface area contributed by atoms with E-state index in [0.717, 1.165) is 18.4 Å². The quantitative estimate of drug-likeness (QED) is 0.885. The Kier molecular flexibility index (Phi) is 4.97. The second kappa shape index (κ2) is 7.15. The predicted octanol–water partition coefficient (Wildman–Crippen LogP) is 2.19. The highest BCUT2D eigenvalue weighted by Gasteiger charge is 2.35. The first-order valence-electron chi connectivity index (χ1n) is 7.79. The first-order valence-corrected chi connectivity index (χ1v) is 8.17. The van der Waals surface area contributed by atoms with Crippen molar-refractivity contribution < 1.29 is 9.53 Å². The Hall–Kier alpha value is -2.18. The van der Waals surface area contributed by atoms with E-state index in [-0.39, 0.29) is 22.8 Å². The molecule has 0 spiro atoms. The molecule has 0 aliphatic carbocycles. The molecule has 126 valence electrons. The van der Waals surface area contributed by atoms with E-state index in [4.69, 9.17) is 22.1 Å². The van der Waals surface area contributed by atoms with Gasteiger partial charge in [-0.1, -0.05) is 23.7 Å². The molecule has 24 heavy (non-hydrogen) atoms. The summed E-state index contributed by atoms with van der Waals surface area (Å²) in [5.74, 6) is -0.192. The van der Waals surface area contributed by atoms with Crippen LogP contribution in [-0.4, -0.2) is 35.6 Å². The van der Waals surface area contributed by atoms with Crippen molar-refractivity contribution in [3.8, 4) is 0 Å². The number of carbonyl (C=O) groups is 1. The van der Waals surface area contributed by atoms with E-state index >= 15 is 0 Å². The van der Waals surface area contributed by atoms with Crippen LogP contribution < -0.4 is 11.1 Å². The number of anilines is 1. The standard InChI is InChI=1S/C17H19ClN4O2/c18-13-3-1-12(2-4-13)17(5-9-24-10-6-17)11-22-16(23)14-15(19)21-8-7-20-14/h1-4,7-8H,5-6,9-11H2,(H2,19,21)(H,22,23). The third kappa shape index (κ3) is 3.49. The van der Waals surface area contributed by atoms with Crippen LogP contribution in [0, 0.1) is 0 Å². The van der Waals surface area contributed by atoms with Gasteiger partial charge in [-0.05, 0) is 30.5 Å². The molecule has 1 aliphatic rings. The van der Waals surface area contributed by atoms with Crippen LogP contribution in [0.5, 0.6) is 0 Å². The number of amides is 1. The Morgan fingerprint density at radius 1 is 1.21 bits per heavy atom. The van der Waals surface area contributed by atoms with Crippen molar-refractivity contribution >= 4 is 23.3 Å². The van der Waals surface area contributed by atoms with Crippen molar-refractivity contribution in [3.05, 3.63) is 52.9 Å². The molecule has 1 saturated heterocycles. The van der Waals surface area contributed by atoms with Gasteiger partial charge in [0.1, 0.15) is 0 Å². The van der Waals surface area contributed by atoms with Crippen LogP contribution >= 0.6 is 11.6 Å². The van der Waals surface area contributed by atoms with Crippen LogP contribution in [0.15, 0.2) is 36.7 Å². The van der Waals surface area contributed by atoms with Crippen molar-refractivity contribution in [1.82, 2.24) is 15.3 Å². The number of nitrogen functional groups attached to an aromatic ring is 1. The molecular formula is C17H19ClN4O2. The fourth-order valence-corrected chi connectivity index (χ4v) is 3.12. The molecule has 2 aromatic rings. The van der Waals surface area contributed by atoms with Gasteiger partial charge in [-0.15, -0.1) is 0 Å². The summed E-state index contributed by atoms with van der Waals surface area (Å²) in [6.07, 6.45) is 4.56. The lowest BCUT2D eigenvalue weighted by Gasteiger charge is -2.38. The van der Waals surface area contributed by atoms with Crippen LogP contribution in [0.1, 0.15) is 28.9 Å². The van der Waals surface area contributed by atoms with Crippen molar-refractivity contribution in [2.24, 2.45) is 0 Å². The number of nitrogens with zero attached hydrogens (tertiary/aromatic N) is 2. The van der Waals surface area contributed by atoms with Crippen LogP contribution in [0.4, 0.5) is 5.82 Å². The lowest BCUT2D eigenvalue weighted by Crippen LogP contribution is -2.44. The zero-order valence-corrected chi connectivity index (χ0v) is 13.9. The molecule has 1 aromatic carbocycles. The topological polar surface area (TPSA) is 90.1 Å². The largest absolute Gasteiger partial charge is 0.382 e. The van der Waals surface area contributed by atoms with Gasteiger partial charge in [0, 0.05) is 42.6 Å². The maximum Gasteiger partial charge on any atom is 0.273 e. The Morgan fingerprint density at radius 3 is 2.54 bits per heavy atom. The van der Waals surface area contributed by atoms with Crippen molar-refractivity contribution in [2.75, 3.05) is 25.5 Å². The molecule has 6 nitrogen and oxygen atoms in total. The summed E-state index contributed by atoms with van der Waals surface area (Å²) < 4.78 is 5.50. The molecule has 7 heteroatoms. The third-order valence-electron chi connectivity index (χ3n) is 4.44. The molecule has 1 aromatic heterocycles. The summed E-state index contributed by atoms with van der Waals surface area (Å²) in [6.45, 7) is 1.80. The number of hydrogen-bond acceptors (Lipinski definition) is 5. The maximum absolute atomic E-state index is 12.4. The average Bonchev–Trinajstić information content (AvgIpc) is 2.61. The zero-order valence-electron chi connectivity index (χ0n) is 13.2. The molecule has 3 rings (SSSR count). The van der Waals surface area contributed by atoms with Crippen LogP contribution in [-0.2, 0) is 10.2 Å². The summed E-state index contributed by atoms with van der Waals surface area (Å²) >= 11 is 6.00. The lowest BCUT2D eigenvalue weighted by atomic mass is 9.74. The highest BCUT2D eigenvalue weighted by Crippen LogP contribution is 2.35. The second-order valence-electron chi connectivity index (χ2n) is 5.87. The number of ether oxygens (including phenoxy) is 1. The minimum Gasteiger partial charge on any atom is -0.382 e. The van der Waals surface area contributed by atoms with Gasteiger partial charge in [0.25, 0.3) is 5.91 Å². The minimum absolute atomic E-state index is 0.127. The van der Waals surface area contributed by atoms with Gasteiger partial charge in [-0.2, -0.15) is 0 Å². The fourth-order valence-electron chi connectivity index (χ4n) is 2.99. The predicted molar refractivity (Wildman–Crippen MR) is 92.0 cm³/mol. The lowest BCUT2D eigenvalue weighted by molar-refractivity contribution is 0.0487. The summed E-state index contributed by atoms with van der Waals surface area (Å²) in [5.41, 5.74) is 6.83. The zero-order chi connectivity index (χ0) is 17.0. The van der Waals surface area contributed by atoms with Gasteiger partial charge in [-0.3, -0.25) is 4.79 Å². The molecule has 0 radical (unpaired) electrons. The van der Waals surface area contributed by atoms with E-state index in [0.29, 0.717) is 24.8 Å². The van der Waals surface area contributed by atoms with Gasteiger partial charge in [0.15, 0.2) is 11.5 Å². The van der Waals surface area contributed by atoms with Gasteiger partial charge in [0.2, 0.25) is 0 Å². The molecular weight excluding hydrogens is 328 g/mol. The van der Waals surface area contributed by atoms with E-state index in [2.05, 4.69) is 15.3 Å². The molecule has 0 bridgehead atoms. The minimum atomic E-state index is -0.319. The monoisotopic (exact) mass is 346 g/mol. The first kappa shape index (κ1) is 16.7. The Morgan fingerprint density at radius 2 is 1.88 bits per heavy atom. The summed E-state index contributed by atoms with van der Waals surface area (Å²) in [5, 5.41) is 3.65. The highest BCUT2D eigenvalue weighted by molar-refractivity contribution is 6.30. The molecule has 0 unspecified atom stereocenters. The van der Waals surface area contributed by atoms with Gasteiger partial charge < -0.3 is 15.8 Å². The molecule has 1 aliphatic heterocycles. The molecule has 3 N–H and O–H groups in total. The summed E-state index contributed by atoms with van der Waals surface area (Å²) in [4.78, 5) is 20.3.